The number of allylic oxidation sites excluding steroid dienone is 6. The van der Waals surface area contributed by atoms with E-state index in [4.69, 9.17) is 4.74 Å². The normalized spacial score (nSPS) is 32.2. The van der Waals surface area contributed by atoms with Crippen LogP contribution in [-0.2, 0) is 6.42 Å². The van der Waals surface area contributed by atoms with Gasteiger partial charge in [-0.15, -0.1) is 0 Å². The third-order valence-electron chi connectivity index (χ3n) is 17.9. The van der Waals surface area contributed by atoms with Gasteiger partial charge in [0.2, 0.25) is 0 Å². The molecule has 3 saturated carbocycles. The highest BCUT2D eigenvalue weighted by atomic mass is 16.5. The molecule has 0 amide bonds. The Morgan fingerprint density at radius 2 is 1.37 bits per heavy atom. The lowest BCUT2D eigenvalue weighted by molar-refractivity contribution is 0.0513. The Kier molecular flexibility index (Phi) is 16.9. The molecule has 5 aliphatic rings. The predicted molar refractivity (Wildman–Crippen MR) is 259 cm³/mol. The Bertz CT molecular complexity index is 1600. The minimum atomic E-state index is 0.0165. The van der Waals surface area contributed by atoms with Gasteiger partial charge in [-0.05, 0) is 191 Å². The fourth-order valence-electron chi connectivity index (χ4n) is 13.0. The van der Waals surface area contributed by atoms with E-state index in [2.05, 4.69) is 134 Å². The molecule has 0 radical (unpaired) electrons. The largest absolute Gasteiger partial charge is 0.487 e. The van der Waals surface area contributed by atoms with Crippen molar-refractivity contribution in [1.82, 2.24) is 0 Å². The quantitative estimate of drug-likeness (QED) is 0.151. The molecular formula is C58H96O. The summed E-state index contributed by atoms with van der Waals surface area (Å²) in [5.74, 6) is 9.35. The molecule has 0 saturated heterocycles. The van der Waals surface area contributed by atoms with Gasteiger partial charge in [0.05, 0.1) is 0 Å². The van der Waals surface area contributed by atoms with Gasteiger partial charge in [0.25, 0.3) is 0 Å². The maximum absolute atomic E-state index is 6.66. The van der Waals surface area contributed by atoms with Crippen molar-refractivity contribution in [3.63, 3.8) is 0 Å². The number of benzene rings is 1. The Balaban J connectivity index is 0.000000224. The van der Waals surface area contributed by atoms with Gasteiger partial charge >= 0.3 is 0 Å². The predicted octanol–water partition coefficient (Wildman–Crippen LogP) is 17.7. The van der Waals surface area contributed by atoms with E-state index in [0.29, 0.717) is 22.7 Å². The lowest BCUT2D eigenvalue weighted by atomic mass is 9.49. The summed E-state index contributed by atoms with van der Waals surface area (Å²) in [4.78, 5) is 0. The summed E-state index contributed by atoms with van der Waals surface area (Å²) in [7, 11) is 0. The summed E-state index contributed by atoms with van der Waals surface area (Å²) in [6, 6.07) is 2.33. The van der Waals surface area contributed by atoms with Crippen LogP contribution in [0.5, 0.6) is 5.75 Å². The molecule has 3 fully saturated rings. The molecule has 11 unspecified atom stereocenters. The number of fused-ring (bicyclic) bond motifs is 6. The summed E-state index contributed by atoms with van der Waals surface area (Å²) in [6.45, 7) is 35.9. The molecule has 1 aromatic rings. The fraction of sp³-hybridized carbons (Fsp3) is 0.793. The van der Waals surface area contributed by atoms with Crippen LogP contribution in [0.2, 0.25) is 0 Å². The van der Waals surface area contributed by atoms with E-state index in [9.17, 15) is 0 Å². The molecule has 0 N–H and O–H groups in total. The van der Waals surface area contributed by atoms with E-state index < -0.39 is 0 Å². The second kappa shape index (κ2) is 20.6. The van der Waals surface area contributed by atoms with E-state index in [1.165, 1.54) is 137 Å². The third kappa shape index (κ3) is 11.6. The Morgan fingerprint density at radius 3 is 2.03 bits per heavy atom. The molecule has 1 aromatic carbocycles. The van der Waals surface area contributed by atoms with Gasteiger partial charge in [-0.25, -0.2) is 0 Å². The lowest BCUT2D eigenvalue weighted by Gasteiger charge is -2.55. The van der Waals surface area contributed by atoms with Crippen molar-refractivity contribution in [3.05, 3.63) is 63.8 Å². The van der Waals surface area contributed by atoms with E-state index >= 15 is 0 Å². The Morgan fingerprint density at radius 1 is 0.712 bits per heavy atom. The van der Waals surface area contributed by atoms with Crippen molar-refractivity contribution in [1.29, 1.82) is 0 Å². The SMILES string of the molecule is CC1CCC2(C)C(=CC=C3C2CCC2(C)C3CCC2C(C)/C=C/C(C)C(C)C)C1.Cc1cc(C)c2c(c1C)OC(C)(CCCC(C)CCCC(C)CCCC(C)C)CC2. The number of ether oxygens (including phenoxy) is 1. The van der Waals surface area contributed by atoms with Crippen molar-refractivity contribution in [2.45, 2.75) is 225 Å². The van der Waals surface area contributed by atoms with Crippen molar-refractivity contribution in [2.75, 3.05) is 0 Å². The standard InChI is InChI=1S/C29H50O.C29H46/c1-21(2)12-9-13-22(3)14-10-15-23(4)16-11-18-29(8)19-17-27-25(6)20-24(5)26(7)28(27)30-29;1-19(2)21(4)8-9-22(5)25-12-13-26-24-11-10-23-18-20(3)14-16-28(23,6)27(24)15-17-29(25,26)7/h20-23H,9-19H2,1-8H3;8-11,19-22,25-27H,12-18H2,1-7H3/b;9-8+. The van der Waals surface area contributed by atoms with E-state index in [-0.39, 0.29) is 5.60 Å². The van der Waals surface area contributed by atoms with E-state index in [0.717, 1.165) is 53.8 Å². The van der Waals surface area contributed by atoms with Crippen LogP contribution in [0.15, 0.2) is 41.5 Å². The van der Waals surface area contributed by atoms with Crippen LogP contribution in [0.4, 0.5) is 0 Å². The first-order chi connectivity index (χ1) is 27.8. The molecule has 0 spiro atoms. The first-order valence-corrected chi connectivity index (χ1v) is 25.7. The zero-order valence-electron chi connectivity index (χ0n) is 41.8. The summed E-state index contributed by atoms with van der Waals surface area (Å²) >= 11 is 0. The minimum absolute atomic E-state index is 0.0165. The van der Waals surface area contributed by atoms with Crippen LogP contribution in [0.1, 0.15) is 214 Å². The third-order valence-corrected chi connectivity index (χ3v) is 17.9. The van der Waals surface area contributed by atoms with Crippen molar-refractivity contribution >= 4 is 0 Å². The average molecular weight is 809 g/mol. The second-order valence-corrected chi connectivity index (χ2v) is 23.7. The average Bonchev–Trinajstić information content (AvgIpc) is 3.53. The van der Waals surface area contributed by atoms with Crippen molar-refractivity contribution < 1.29 is 4.74 Å². The van der Waals surface area contributed by atoms with E-state index in [1.54, 1.807) is 5.57 Å². The second-order valence-electron chi connectivity index (χ2n) is 23.7. The summed E-state index contributed by atoms with van der Waals surface area (Å²) < 4.78 is 6.66. The molecule has 1 heterocycles. The molecule has 59 heavy (non-hydrogen) atoms. The summed E-state index contributed by atoms with van der Waals surface area (Å²) in [6.07, 6.45) is 34.8. The van der Waals surface area contributed by atoms with Gasteiger partial charge in [0.15, 0.2) is 0 Å². The number of hydrogen-bond donors (Lipinski definition) is 0. The van der Waals surface area contributed by atoms with Crippen molar-refractivity contribution in [2.24, 2.45) is 70.0 Å². The van der Waals surface area contributed by atoms with Crippen LogP contribution in [0.25, 0.3) is 0 Å². The Hall–Kier alpha value is -1.76. The van der Waals surface area contributed by atoms with Gasteiger partial charge in [0, 0.05) is 0 Å². The molecule has 6 rings (SSSR count). The number of aryl methyl sites for hydroxylation is 2. The van der Waals surface area contributed by atoms with Crippen molar-refractivity contribution in [3.8, 4) is 5.75 Å². The van der Waals surface area contributed by atoms with Gasteiger partial charge in [0.1, 0.15) is 11.4 Å². The molecule has 1 aliphatic heterocycles. The van der Waals surface area contributed by atoms with Crippen LogP contribution in [0, 0.1) is 90.8 Å². The topological polar surface area (TPSA) is 9.23 Å². The van der Waals surface area contributed by atoms with Gasteiger partial charge in [-0.2, -0.15) is 0 Å². The molecule has 4 aliphatic carbocycles. The van der Waals surface area contributed by atoms with Gasteiger partial charge in [-0.3, -0.25) is 0 Å². The van der Waals surface area contributed by atoms with Crippen LogP contribution >= 0.6 is 0 Å². The first-order valence-electron chi connectivity index (χ1n) is 25.7. The smallest absolute Gasteiger partial charge is 0.126 e. The molecule has 11 atom stereocenters. The number of rotatable bonds is 16. The highest BCUT2D eigenvalue weighted by Gasteiger charge is 2.56. The minimum Gasteiger partial charge on any atom is -0.487 e. The highest BCUT2D eigenvalue weighted by Crippen LogP contribution is 2.66. The van der Waals surface area contributed by atoms with Crippen LogP contribution < -0.4 is 4.74 Å². The summed E-state index contributed by atoms with van der Waals surface area (Å²) in [5, 5.41) is 0. The van der Waals surface area contributed by atoms with Crippen LogP contribution in [0.3, 0.4) is 0 Å². The lowest BCUT2D eigenvalue weighted by Crippen LogP contribution is -2.45. The van der Waals surface area contributed by atoms with Crippen LogP contribution in [-0.4, -0.2) is 5.60 Å². The zero-order valence-corrected chi connectivity index (χ0v) is 41.8. The monoisotopic (exact) mass is 809 g/mol. The number of hydrogen-bond acceptors (Lipinski definition) is 1. The molecule has 334 valence electrons. The highest BCUT2D eigenvalue weighted by molar-refractivity contribution is 5.51. The van der Waals surface area contributed by atoms with E-state index in [1.807, 2.05) is 5.57 Å². The maximum Gasteiger partial charge on any atom is 0.126 e. The van der Waals surface area contributed by atoms with Gasteiger partial charge in [-0.1, -0.05) is 163 Å². The molecule has 0 aromatic heterocycles. The molecule has 1 nitrogen and oxygen atoms in total. The maximum atomic E-state index is 6.66. The fourth-order valence-corrected chi connectivity index (χ4v) is 13.0. The summed E-state index contributed by atoms with van der Waals surface area (Å²) in [5.41, 5.74) is 10.2. The van der Waals surface area contributed by atoms with Gasteiger partial charge < -0.3 is 4.74 Å². The zero-order chi connectivity index (χ0) is 43.3. The Labute approximate surface area is 367 Å². The first kappa shape index (κ1) is 48.3. The molecule has 1 heteroatoms. The molecular weight excluding hydrogens is 713 g/mol. The molecule has 0 bridgehead atoms.